The molecule has 4 heteroatoms. The molecule has 0 aromatic heterocycles. The van der Waals surface area contributed by atoms with Gasteiger partial charge >= 0.3 is 0 Å². The Kier molecular flexibility index (Phi) is 5.29. The van der Waals surface area contributed by atoms with Crippen LogP contribution in [0.5, 0.6) is 0 Å². The van der Waals surface area contributed by atoms with Crippen LogP contribution in [0, 0.1) is 8.99 Å². The predicted octanol–water partition coefficient (Wildman–Crippen LogP) is 4.75. The highest BCUT2D eigenvalue weighted by molar-refractivity contribution is 14.1. The van der Waals surface area contributed by atoms with Crippen LogP contribution < -0.4 is 5.32 Å². The van der Waals surface area contributed by atoms with Gasteiger partial charge in [0.05, 0.1) is 5.56 Å². The largest absolute Gasteiger partial charge is 0.351 e. The average Bonchev–Trinajstić information content (AvgIpc) is 2.88. The first kappa shape index (κ1) is 15.3. The van der Waals surface area contributed by atoms with Gasteiger partial charge in [-0.05, 0) is 81.4 Å². The van der Waals surface area contributed by atoms with E-state index < -0.39 is 0 Å². The van der Waals surface area contributed by atoms with Crippen LogP contribution in [0.15, 0.2) is 22.7 Å². The fraction of sp³-hybridized carbons (Fsp3) is 0.533. The number of amides is 1. The zero-order chi connectivity index (χ0) is 13.9. The second-order valence-corrected chi connectivity index (χ2v) is 7.47. The summed E-state index contributed by atoms with van der Waals surface area (Å²) in [7, 11) is 0. The molecule has 0 radical (unpaired) electrons. The van der Waals surface area contributed by atoms with E-state index in [9.17, 15) is 4.79 Å². The summed E-state index contributed by atoms with van der Waals surface area (Å²) in [6, 6.07) is 5.85. The van der Waals surface area contributed by atoms with Crippen molar-refractivity contribution in [3.8, 4) is 0 Å². The zero-order valence-electron chi connectivity index (χ0n) is 11.1. The molecule has 1 saturated carbocycles. The summed E-state index contributed by atoms with van der Waals surface area (Å²) in [6.07, 6.45) is 6.25. The Labute approximate surface area is 137 Å². The molecule has 1 aromatic rings. The first-order valence-corrected chi connectivity index (χ1v) is 8.67. The first-order valence-electron chi connectivity index (χ1n) is 6.79. The van der Waals surface area contributed by atoms with Crippen LogP contribution in [0.3, 0.4) is 0 Å². The fourth-order valence-corrected chi connectivity index (χ4v) is 3.73. The standard InChI is InChI=1S/C15H19BrINO/c1-2-15(7-3-4-8-15)10-18-14(19)12-9-11(17)5-6-13(12)16/h5-6,9H,2-4,7-8,10H2,1H3,(H,18,19). The zero-order valence-corrected chi connectivity index (χ0v) is 14.9. The quantitative estimate of drug-likeness (QED) is 0.679. The van der Waals surface area contributed by atoms with Crippen molar-refractivity contribution < 1.29 is 4.79 Å². The SMILES string of the molecule is CCC1(CNC(=O)c2cc(I)ccc2Br)CCCC1. The van der Waals surface area contributed by atoms with Gasteiger partial charge in [-0.15, -0.1) is 0 Å². The molecule has 1 aliphatic rings. The molecule has 104 valence electrons. The highest BCUT2D eigenvalue weighted by atomic mass is 127. The molecule has 1 aliphatic carbocycles. The number of hydrogen-bond donors (Lipinski definition) is 1. The van der Waals surface area contributed by atoms with Gasteiger partial charge < -0.3 is 5.32 Å². The third-order valence-electron chi connectivity index (χ3n) is 4.21. The summed E-state index contributed by atoms with van der Waals surface area (Å²) in [4.78, 5) is 12.3. The lowest BCUT2D eigenvalue weighted by molar-refractivity contribution is 0.0928. The van der Waals surface area contributed by atoms with E-state index in [0.29, 0.717) is 5.41 Å². The number of hydrogen-bond acceptors (Lipinski definition) is 1. The number of carbonyl (C=O) groups is 1. The summed E-state index contributed by atoms with van der Waals surface area (Å²) in [5.74, 6) is 0.0325. The van der Waals surface area contributed by atoms with Crippen molar-refractivity contribution in [1.82, 2.24) is 5.32 Å². The number of nitrogens with one attached hydrogen (secondary N) is 1. The van der Waals surface area contributed by atoms with Crippen molar-refractivity contribution in [3.63, 3.8) is 0 Å². The Hall–Kier alpha value is -0.100. The van der Waals surface area contributed by atoms with Gasteiger partial charge in [-0.1, -0.05) is 19.8 Å². The normalized spacial score (nSPS) is 17.4. The molecular weight excluding hydrogens is 417 g/mol. The Balaban J connectivity index is 2.03. The van der Waals surface area contributed by atoms with E-state index in [1.807, 2.05) is 18.2 Å². The van der Waals surface area contributed by atoms with E-state index in [1.54, 1.807) is 0 Å². The molecular formula is C15H19BrINO. The first-order chi connectivity index (χ1) is 9.06. The van der Waals surface area contributed by atoms with Crippen LogP contribution in [0.1, 0.15) is 49.4 Å². The van der Waals surface area contributed by atoms with Gasteiger partial charge in [-0.2, -0.15) is 0 Å². The minimum Gasteiger partial charge on any atom is -0.351 e. The van der Waals surface area contributed by atoms with Crippen molar-refractivity contribution in [3.05, 3.63) is 31.8 Å². The van der Waals surface area contributed by atoms with Crippen LogP contribution in [-0.4, -0.2) is 12.5 Å². The average molecular weight is 436 g/mol. The molecule has 2 nitrogen and oxygen atoms in total. The van der Waals surface area contributed by atoms with E-state index in [4.69, 9.17) is 0 Å². The van der Waals surface area contributed by atoms with Gasteiger partial charge in [0.25, 0.3) is 5.91 Å². The number of rotatable bonds is 4. The molecule has 2 rings (SSSR count). The predicted molar refractivity (Wildman–Crippen MR) is 90.4 cm³/mol. The van der Waals surface area contributed by atoms with Gasteiger partial charge in [0.2, 0.25) is 0 Å². The number of benzene rings is 1. The Morgan fingerprint density at radius 1 is 1.42 bits per heavy atom. The molecule has 0 saturated heterocycles. The molecule has 0 heterocycles. The highest BCUT2D eigenvalue weighted by Crippen LogP contribution is 2.40. The molecule has 0 spiro atoms. The van der Waals surface area contributed by atoms with Crippen LogP contribution in [0.4, 0.5) is 0 Å². The Bertz CT molecular complexity index is 469. The van der Waals surface area contributed by atoms with Crippen LogP contribution in [-0.2, 0) is 0 Å². The number of halogens is 2. The highest BCUT2D eigenvalue weighted by Gasteiger charge is 2.32. The molecule has 0 unspecified atom stereocenters. The lowest BCUT2D eigenvalue weighted by Gasteiger charge is -2.27. The smallest absolute Gasteiger partial charge is 0.252 e. The molecule has 1 amide bonds. The van der Waals surface area contributed by atoms with Crippen molar-refractivity contribution in [2.45, 2.75) is 39.0 Å². The van der Waals surface area contributed by atoms with E-state index >= 15 is 0 Å². The summed E-state index contributed by atoms with van der Waals surface area (Å²) in [6.45, 7) is 3.04. The van der Waals surface area contributed by atoms with E-state index in [0.717, 1.165) is 26.6 Å². The molecule has 1 fully saturated rings. The van der Waals surface area contributed by atoms with Crippen LogP contribution in [0.2, 0.25) is 0 Å². The molecule has 1 N–H and O–H groups in total. The summed E-state index contributed by atoms with van der Waals surface area (Å²) < 4.78 is 1.94. The summed E-state index contributed by atoms with van der Waals surface area (Å²) in [5, 5.41) is 3.13. The topological polar surface area (TPSA) is 29.1 Å². The molecule has 0 bridgehead atoms. The van der Waals surface area contributed by atoms with Crippen molar-refractivity contribution in [2.75, 3.05) is 6.54 Å². The second kappa shape index (κ2) is 6.57. The molecule has 0 aliphatic heterocycles. The molecule has 19 heavy (non-hydrogen) atoms. The minimum absolute atomic E-state index is 0.0325. The van der Waals surface area contributed by atoms with Crippen molar-refractivity contribution in [2.24, 2.45) is 5.41 Å². The summed E-state index contributed by atoms with van der Waals surface area (Å²) in [5.41, 5.74) is 1.07. The van der Waals surface area contributed by atoms with Gasteiger partial charge in [0, 0.05) is 14.6 Å². The van der Waals surface area contributed by atoms with Crippen LogP contribution >= 0.6 is 38.5 Å². The molecule has 0 atom stereocenters. The van der Waals surface area contributed by atoms with E-state index in [1.165, 1.54) is 25.7 Å². The maximum atomic E-state index is 12.3. The molecule has 1 aromatic carbocycles. The van der Waals surface area contributed by atoms with E-state index in [-0.39, 0.29) is 5.91 Å². The van der Waals surface area contributed by atoms with E-state index in [2.05, 4.69) is 50.8 Å². The van der Waals surface area contributed by atoms with Crippen LogP contribution in [0.25, 0.3) is 0 Å². The van der Waals surface area contributed by atoms with Crippen molar-refractivity contribution in [1.29, 1.82) is 0 Å². The Morgan fingerprint density at radius 3 is 2.74 bits per heavy atom. The third-order valence-corrected chi connectivity index (χ3v) is 5.57. The second-order valence-electron chi connectivity index (χ2n) is 5.37. The van der Waals surface area contributed by atoms with Gasteiger partial charge in [-0.3, -0.25) is 4.79 Å². The third kappa shape index (κ3) is 3.72. The maximum Gasteiger partial charge on any atom is 0.252 e. The van der Waals surface area contributed by atoms with Gasteiger partial charge in [-0.25, -0.2) is 0 Å². The lowest BCUT2D eigenvalue weighted by atomic mass is 9.83. The fourth-order valence-electron chi connectivity index (χ4n) is 2.81. The van der Waals surface area contributed by atoms with Crippen molar-refractivity contribution >= 4 is 44.4 Å². The monoisotopic (exact) mass is 435 g/mol. The summed E-state index contributed by atoms with van der Waals surface area (Å²) >= 11 is 5.68. The lowest BCUT2D eigenvalue weighted by Crippen LogP contribution is -2.35. The maximum absolute atomic E-state index is 12.3. The Morgan fingerprint density at radius 2 is 2.11 bits per heavy atom. The number of carbonyl (C=O) groups excluding carboxylic acids is 1. The minimum atomic E-state index is 0.0325. The van der Waals surface area contributed by atoms with Gasteiger partial charge in [0.1, 0.15) is 0 Å². The van der Waals surface area contributed by atoms with Gasteiger partial charge in [0.15, 0.2) is 0 Å².